The van der Waals surface area contributed by atoms with Gasteiger partial charge in [0.05, 0.1) is 0 Å². The zero-order valence-electron chi connectivity index (χ0n) is 26.3. The summed E-state index contributed by atoms with van der Waals surface area (Å²) in [6.45, 7) is 11.4. The summed E-state index contributed by atoms with van der Waals surface area (Å²) in [5.41, 5.74) is 5.53. The summed E-state index contributed by atoms with van der Waals surface area (Å²) in [6, 6.07) is 34.0. The SMILES string of the molecule is CC(C)(C)C(=O)/C=C(\O)C(C)(C)C.[Ir].[c-]1ccc2c(c1-c1cc3ccccc3cn1)Sc1cccc3c1B2c1ccccc1S3. The Balaban J connectivity index is 0.000000246. The number of hydrogen-bond acceptors (Lipinski definition) is 5. The first-order chi connectivity index (χ1) is 20.9. The van der Waals surface area contributed by atoms with Gasteiger partial charge in [0, 0.05) is 53.0 Å². The molecule has 0 unspecified atom stereocenters. The van der Waals surface area contributed by atoms with E-state index in [1.54, 1.807) is 0 Å². The van der Waals surface area contributed by atoms with Gasteiger partial charge in [0.25, 0.3) is 0 Å². The largest absolute Gasteiger partial charge is 0.512 e. The Morgan fingerprint density at radius 1 is 0.800 bits per heavy atom. The van der Waals surface area contributed by atoms with Crippen LogP contribution in [0.3, 0.4) is 0 Å². The van der Waals surface area contributed by atoms with Crippen LogP contribution in [-0.4, -0.2) is 22.6 Å². The van der Waals surface area contributed by atoms with Crippen molar-refractivity contribution in [2.24, 2.45) is 10.8 Å². The van der Waals surface area contributed by atoms with E-state index in [2.05, 4.69) is 91.0 Å². The van der Waals surface area contributed by atoms with Crippen molar-refractivity contribution in [1.29, 1.82) is 0 Å². The number of carbonyl (C=O) groups is 1. The van der Waals surface area contributed by atoms with Crippen LogP contribution in [0.15, 0.2) is 123 Å². The second kappa shape index (κ2) is 13.0. The van der Waals surface area contributed by atoms with E-state index in [0.29, 0.717) is 0 Å². The predicted molar refractivity (Wildman–Crippen MR) is 186 cm³/mol. The Hall–Kier alpha value is -3.09. The van der Waals surface area contributed by atoms with Gasteiger partial charge in [-0.15, -0.1) is 41.0 Å². The molecular formula is C38H35BIrNO2S2-. The minimum atomic E-state index is -0.417. The van der Waals surface area contributed by atoms with E-state index < -0.39 is 5.41 Å². The number of benzene rings is 4. The second-order valence-corrected chi connectivity index (χ2v) is 15.4. The summed E-state index contributed by atoms with van der Waals surface area (Å²) in [6.07, 6.45) is 3.31. The number of carbonyl (C=O) groups excluding carboxylic acids is 1. The molecule has 7 heteroatoms. The molecule has 4 aromatic carbocycles. The molecule has 3 heterocycles. The van der Waals surface area contributed by atoms with Crippen molar-refractivity contribution in [2.45, 2.75) is 61.1 Å². The Kier molecular flexibility index (Phi) is 9.59. The van der Waals surface area contributed by atoms with Crippen LogP contribution in [0.1, 0.15) is 41.5 Å². The van der Waals surface area contributed by atoms with Gasteiger partial charge in [-0.2, -0.15) is 0 Å². The summed E-state index contributed by atoms with van der Waals surface area (Å²) in [5, 5.41) is 11.9. The summed E-state index contributed by atoms with van der Waals surface area (Å²) in [5.74, 6) is 0.104. The smallest absolute Gasteiger partial charge is 0.228 e. The third-order valence-electron chi connectivity index (χ3n) is 7.93. The van der Waals surface area contributed by atoms with Gasteiger partial charge < -0.3 is 10.1 Å². The average molecular weight is 805 g/mol. The zero-order valence-corrected chi connectivity index (χ0v) is 30.3. The monoisotopic (exact) mass is 805 g/mol. The van der Waals surface area contributed by atoms with Crippen molar-refractivity contribution in [3.63, 3.8) is 0 Å². The number of aliphatic hydroxyl groups is 1. The first-order valence-corrected chi connectivity index (χ1v) is 16.5. The number of rotatable bonds is 2. The molecule has 1 radical (unpaired) electrons. The van der Waals surface area contributed by atoms with Crippen molar-refractivity contribution in [2.75, 3.05) is 0 Å². The van der Waals surface area contributed by atoms with Crippen molar-refractivity contribution in [3.8, 4) is 11.3 Å². The van der Waals surface area contributed by atoms with E-state index in [4.69, 9.17) is 4.98 Å². The van der Waals surface area contributed by atoms with E-state index in [1.165, 1.54) is 47.4 Å². The molecule has 0 amide bonds. The van der Waals surface area contributed by atoms with Gasteiger partial charge >= 0.3 is 0 Å². The van der Waals surface area contributed by atoms with Crippen LogP contribution in [-0.2, 0) is 24.9 Å². The number of nitrogens with zero attached hydrogens (tertiary/aromatic N) is 1. The summed E-state index contributed by atoms with van der Waals surface area (Å²) in [7, 11) is 0. The fourth-order valence-electron chi connectivity index (χ4n) is 5.31. The summed E-state index contributed by atoms with van der Waals surface area (Å²) < 4.78 is 0. The van der Waals surface area contributed by atoms with Crippen LogP contribution in [0, 0.1) is 16.9 Å². The van der Waals surface area contributed by atoms with Crippen molar-refractivity contribution >= 4 is 63.2 Å². The number of allylic oxidation sites excluding steroid dienone is 2. The van der Waals surface area contributed by atoms with Gasteiger partial charge in [-0.3, -0.25) is 4.79 Å². The molecule has 1 aromatic heterocycles. The molecule has 1 N–H and O–H groups in total. The molecule has 2 aliphatic heterocycles. The molecule has 7 rings (SSSR count). The Bertz CT molecular complexity index is 1940. The van der Waals surface area contributed by atoms with Gasteiger partial charge in [-0.05, 0) is 45.0 Å². The van der Waals surface area contributed by atoms with Crippen LogP contribution in [0.2, 0.25) is 0 Å². The van der Waals surface area contributed by atoms with Crippen LogP contribution in [0.5, 0.6) is 0 Å². The fraction of sp³-hybridized carbons (Fsp3) is 0.211. The van der Waals surface area contributed by atoms with Crippen molar-refractivity contribution in [3.05, 3.63) is 109 Å². The van der Waals surface area contributed by atoms with E-state index in [1.807, 2.05) is 71.3 Å². The van der Waals surface area contributed by atoms with E-state index in [0.717, 1.165) is 16.6 Å². The molecule has 0 saturated carbocycles. The maximum absolute atomic E-state index is 11.5. The topological polar surface area (TPSA) is 50.2 Å². The number of pyridine rings is 1. The number of fused-ring (bicyclic) bond motifs is 5. The first-order valence-electron chi connectivity index (χ1n) is 14.8. The van der Waals surface area contributed by atoms with Crippen LogP contribution >= 0.6 is 23.5 Å². The Morgan fingerprint density at radius 2 is 1.44 bits per heavy atom. The van der Waals surface area contributed by atoms with E-state index in [9.17, 15) is 9.90 Å². The summed E-state index contributed by atoms with van der Waals surface area (Å²) in [4.78, 5) is 21.7. The Labute approximate surface area is 288 Å². The third kappa shape index (κ3) is 6.73. The standard InChI is InChI=1S/C27H15BNS2.C11H20O2.Ir/c1-2-8-18-16-29-22(15-17(18)7-1)19-9-5-11-21-27(19)31-25-14-6-13-24-26(25)28(21)20-10-3-4-12-23(20)30-24;1-10(2,3)8(12)7-9(13)11(4,5)6;/h1-8,10-16H;7,12H,1-6H3;/q-1;;/b;8-7-;. The average Bonchev–Trinajstić information content (AvgIpc) is 3.00. The minimum Gasteiger partial charge on any atom is -0.512 e. The van der Waals surface area contributed by atoms with Gasteiger partial charge in [0.1, 0.15) is 5.76 Å². The molecule has 0 fully saturated rings. The maximum atomic E-state index is 11.5. The van der Waals surface area contributed by atoms with Gasteiger partial charge in [0.2, 0.25) is 6.71 Å². The quantitative estimate of drug-likeness (QED) is 0.0827. The van der Waals surface area contributed by atoms with Crippen molar-refractivity contribution < 1.29 is 30.0 Å². The minimum absolute atomic E-state index is 0. The van der Waals surface area contributed by atoms with Gasteiger partial charge in [0.15, 0.2) is 5.78 Å². The molecule has 0 aliphatic carbocycles. The summed E-state index contributed by atoms with van der Waals surface area (Å²) >= 11 is 3.76. The molecule has 45 heavy (non-hydrogen) atoms. The third-order valence-corrected chi connectivity index (χ3v) is 10.3. The normalized spacial score (nSPS) is 13.5. The van der Waals surface area contributed by atoms with Crippen LogP contribution < -0.4 is 16.4 Å². The number of ketones is 1. The van der Waals surface area contributed by atoms with E-state index >= 15 is 0 Å². The molecule has 0 bridgehead atoms. The molecular weight excluding hydrogens is 770 g/mol. The van der Waals surface area contributed by atoms with Crippen LogP contribution in [0.4, 0.5) is 0 Å². The number of aliphatic hydroxyl groups excluding tert-OH is 1. The molecule has 229 valence electrons. The molecule has 5 aromatic rings. The fourth-order valence-corrected chi connectivity index (χ4v) is 7.82. The van der Waals surface area contributed by atoms with Gasteiger partial charge in [-0.1, -0.05) is 118 Å². The van der Waals surface area contributed by atoms with Crippen LogP contribution in [0.25, 0.3) is 22.0 Å². The maximum Gasteiger partial charge on any atom is 0.228 e. The molecule has 0 saturated heterocycles. The molecule has 0 atom stereocenters. The molecule has 2 aliphatic rings. The Morgan fingerprint density at radius 3 is 2.16 bits per heavy atom. The van der Waals surface area contributed by atoms with Gasteiger partial charge in [-0.25, -0.2) is 0 Å². The predicted octanol–water partition coefficient (Wildman–Crippen LogP) is 8.23. The van der Waals surface area contributed by atoms with Crippen molar-refractivity contribution in [1.82, 2.24) is 4.98 Å². The molecule has 3 nitrogen and oxygen atoms in total. The number of hydrogen-bond donors (Lipinski definition) is 1. The van der Waals surface area contributed by atoms with E-state index in [-0.39, 0.29) is 43.8 Å². The zero-order chi connectivity index (χ0) is 31.2. The molecule has 0 spiro atoms. The first kappa shape index (κ1) is 33.3. The number of aromatic nitrogens is 1. The second-order valence-electron chi connectivity index (χ2n) is 13.3.